The van der Waals surface area contributed by atoms with E-state index in [0.29, 0.717) is 6.54 Å². The summed E-state index contributed by atoms with van der Waals surface area (Å²) >= 11 is 0. The molecule has 1 aromatic carbocycles. The quantitative estimate of drug-likeness (QED) is 0.804. The lowest BCUT2D eigenvalue weighted by Crippen LogP contribution is -2.42. The lowest BCUT2D eigenvalue weighted by molar-refractivity contribution is 0.0651. The molecule has 1 aliphatic heterocycles. The molecular formula is C14H20N2O. The monoisotopic (exact) mass is 232 g/mol. The molecule has 1 saturated heterocycles. The molecule has 1 fully saturated rings. The first-order valence-electron chi connectivity index (χ1n) is 6.04. The van der Waals surface area contributed by atoms with Gasteiger partial charge in [0.05, 0.1) is 0 Å². The molecule has 0 spiro atoms. The van der Waals surface area contributed by atoms with Gasteiger partial charge in [-0.3, -0.25) is 4.79 Å². The van der Waals surface area contributed by atoms with Gasteiger partial charge in [0, 0.05) is 23.7 Å². The van der Waals surface area contributed by atoms with Crippen LogP contribution >= 0.6 is 0 Å². The number of rotatable bonds is 1. The van der Waals surface area contributed by atoms with E-state index < -0.39 is 0 Å². The van der Waals surface area contributed by atoms with Crippen LogP contribution in [0.1, 0.15) is 36.2 Å². The Hall–Kier alpha value is -1.35. The van der Waals surface area contributed by atoms with E-state index in [1.54, 1.807) is 0 Å². The smallest absolute Gasteiger partial charge is 0.254 e. The second-order valence-corrected chi connectivity index (χ2v) is 5.56. The topological polar surface area (TPSA) is 46.3 Å². The predicted molar refractivity (Wildman–Crippen MR) is 68.9 cm³/mol. The van der Waals surface area contributed by atoms with E-state index in [0.717, 1.165) is 12.0 Å². The minimum atomic E-state index is -0.138. The number of amides is 1. The van der Waals surface area contributed by atoms with Crippen LogP contribution in [0.2, 0.25) is 0 Å². The molecule has 2 rings (SSSR count). The van der Waals surface area contributed by atoms with E-state index >= 15 is 0 Å². The normalized spacial score (nSPS) is 22.8. The van der Waals surface area contributed by atoms with Crippen LogP contribution in [0.25, 0.3) is 0 Å². The summed E-state index contributed by atoms with van der Waals surface area (Å²) in [5, 5.41) is 0. The molecular weight excluding hydrogens is 212 g/mol. The van der Waals surface area contributed by atoms with Crippen molar-refractivity contribution in [3.63, 3.8) is 0 Å². The summed E-state index contributed by atoms with van der Waals surface area (Å²) in [6.45, 7) is 6.82. The average Bonchev–Trinajstić information content (AvgIpc) is 2.52. The van der Waals surface area contributed by atoms with Gasteiger partial charge in [0.1, 0.15) is 0 Å². The third kappa shape index (κ3) is 2.34. The zero-order valence-electron chi connectivity index (χ0n) is 10.7. The third-order valence-corrected chi connectivity index (χ3v) is 3.45. The van der Waals surface area contributed by atoms with Crippen LogP contribution < -0.4 is 5.73 Å². The molecule has 3 heteroatoms. The van der Waals surface area contributed by atoms with E-state index in [-0.39, 0.29) is 17.5 Å². The summed E-state index contributed by atoms with van der Waals surface area (Å²) in [5.41, 5.74) is 7.72. The van der Waals surface area contributed by atoms with E-state index in [1.807, 2.05) is 36.1 Å². The Morgan fingerprint density at radius 2 is 1.94 bits per heavy atom. The molecule has 17 heavy (non-hydrogen) atoms. The molecule has 1 aliphatic rings. The Morgan fingerprint density at radius 1 is 1.35 bits per heavy atom. The van der Waals surface area contributed by atoms with Crippen LogP contribution in [0.3, 0.4) is 0 Å². The largest absolute Gasteiger partial charge is 0.332 e. The molecule has 1 heterocycles. The van der Waals surface area contributed by atoms with Crippen LogP contribution in [0.5, 0.6) is 0 Å². The number of likely N-dealkylation sites (tertiary alicyclic amines) is 1. The molecule has 1 atom stereocenters. The number of nitrogens with zero attached hydrogens (tertiary/aromatic N) is 1. The molecule has 3 nitrogen and oxygen atoms in total. The predicted octanol–water partition coefficient (Wildman–Crippen LogP) is 1.95. The average molecular weight is 232 g/mol. The Balaban J connectivity index is 2.23. The number of hydrogen-bond donors (Lipinski definition) is 1. The van der Waals surface area contributed by atoms with Crippen molar-refractivity contribution in [2.45, 2.75) is 38.8 Å². The molecule has 0 radical (unpaired) electrons. The highest BCUT2D eigenvalue weighted by molar-refractivity contribution is 5.95. The van der Waals surface area contributed by atoms with Gasteiger partial charge in [-0.1, -0.05) is 17.7 Å². The second kappa shape index (κ2) is 4.15. The number of benzene rings is 1. The summed E-state index contributed by atoms with van der Waals surface area (Å²) in [6.07, 6.45) is 0.866. The lowest BCUT2D eigenvalue weighted by Gasteiger charge is -2.31. The standard InChI is InChI=1S/C14H20N2O/c1-10-4-6-11(7-5-10)13(17)16-9-12(15)8-14(16,2)3/h4-7,12H,8-9,15H2,1-3H3. The maximum Gasteiger partial charge on any atom is 0.254 e. The Labute approximate surface area is 103 Å². The molecule has 0 saturated carbocycles. The van der Waals surface area contributed by atoms with Crippen molar-refractivity contribution in [1.82, 2.24) is 4.90 Å². The van der Waals surface area contributed by atoms with Crippen molar-refractivity contribution in [3.8, 4) is 0 Å². The highest BCUT2D eigenvalue weighted by Gasteiger charge is 2.39. The van der Waals surface area contributed by atoms with Crippen molar-refractivity contribution < 1.29 is 4.79 Å². The van der Waals surface area contributed by atoms with Gasteiger partial charge in [0.25, 0.3) is 5.91 Å². The molecule has 1 unspecified atom stereocenters. The zero-order valence-corrected chi connectivity index (χ0v) is 10.7. The number of nitrogens with two attached hydrogens (primary N) is 1. The van der Waals surface area contributed by atoms with Crippen molar-refractivity contribution in [2.75, 3.05) is 6.54 Å². The summed E-state index contributed by atoms with van der Waals surface area (Å²) in [5.74, 6) is 0.0861. The summed E-state index contributed by atoms with van der Waals surface area (Å²) in [6, 6.07) is 7.81. The van der Waals surface area contributed by atoms with E-state index in [1.165, 1.54) is 5.56 Å². The van der Waals surface area contributed by atoms with E-state index in [9.17, 15) is 4.79 Å². The fourth-order valence-corrected chi connectivity index (χ4v) is 2.51. The van der Waals surface area contributed by atoms with Crippen LogP contribution in [0.4, 0.5) is 0 Å². The van der Waals surface area contributed by atoms with Crippen LogP contribution in [-0.4, -0.2) is 28.9 Å². The Kier molecular flexibility index (Phi) is 2.96. The minimum Gasteiger partial charge on any atom is -0.332 e. The van der Waals surface area contributed by atoms with Crippen molar-refractivity contribution in [3.05, 3.63) is 35.4 Å². The molecule has 1 amide bonds. The maximum absolute atomic E-state index is 12.4. The highest BCUT2D eigenvalue weighted by Crippen LogP contribution is 2.29. The summed E-state index contributed by atoms with van der Waals surface area (Å²) in [4.78, 5) is 14.3. The van der Waals surface area contributed by atoms with Crippen LogP contribution in [0.15, 0.2) is 24.3 Å². The van der Waals surface area contributed by atoms with Gasteiger partial charge in [0.2, 0.25) is 0 Å². The van der Waals surface area contributed by atoms with Gasteiger partial charge in [-0.25, -0.2) is 0 Å². The van der Waals surface area contributed by atoms with Gasteiger partial charge >= 0.3 is 0 Å². The number of aryl methyl sites for hydroxylation is 1. The molecule has 0 aromatic heterocycles. The van der Waals surface area contributed by atoms with Crippen molar-refractivity contribution in [1.29, 1.82) is 0 Å². The highest BCUT2D eigenvalue weighted by atomic mass is 16.2. The lowest BCUT2D eigenvalue weighted by atomic mass is 10.00. The number of carbonyl (C=O) groups is 1. The molecule has 2 N–H and O–H groups in total. The molecule has 92 valence electrons. The first kappa shape index (κ1) is 12.1. The number of hydrogen-bond acceptors (Lipinski definition) is 2. The van der Waals surface area contributed by atoms with E-state index in [2.05, 4.69) is 13.8 Å². The fourth-order valence-electron chi connectivity index (χ4n) is 2.51. The van der Waals surface area contributed by atoms with Crippen LogP contribution in [0, 0.1) is 6.92 Å². The first-order valence-corrected chi connectivity index (χ1v) is 6.04. The zero-order chi connectivity index (χ0) is 12.6. The third-order valence-electron chi connectivity index (χ3n) is 3.45. The van der Waals surface area contributed by atoms with Gasteiger partial charge in [-0.2, -0.15) is 0 Å². The molecule has 0 bridgehead atoms. The summed E-state index contributed by atoms with van der Waals surface area (Å²) in [7, 11) is 0. The SMILES string of the molecule is Cc1ccc(C(=O)N2CC(N)CC2(C)C)cc1. The fraction of sp³-hybridized carbons (Fsp3) is 0.500. The van der Waals surface area contributed by atoms with Gasteiger partial charge in [0.15, 0.2) is 0 Å². The van der Waals surface area contributed by atoms with Crippen LogP contribution in [-0.2, 0) is 0 Å². The Morgan fingerprint density at radius 3 is 2.41 bits per heavy atom. The second-order valence-electron chi connectivity index (χ2n) is 5.56. The van der Waals surface area contributed by atoms with Gasteiger partial charge in [-0.05, 0) is 39.3 Å². The number of carbonyl (C=O) groups excluding carboxylic acids is 1. The van der Waals surface area contributed by atoms with Crippen molar-refractivity contribution in [2.24, 2.45) is 5.73 Å². The molecule has 1 aromatic rings. The first-order chi connectivity index (χ1) is 7.90. The Bertz CT molecular complexity index is 422. The maximum atomic E-state index is 12.4. The summed E-state index contributed by atoms with van der Waals surface area (Å²) < 4.78 is 0. The van der Waals surface area contributed by atoms with Gasteiger partial charge < -0.3 is 10.6 Å². The minimum absolute atomic E-state index is 0.0861. The molecule has 0 aliphatic carbocycles. The van der Waals surface area contributed by atoms with E-state index in [4.69, 9.17) is 5.73 Å². The van der Waals surface area contributed by atoms with Gasteiger partial charge in [-0.15, -0.1) is 0 Å². The van der Waals surface area contributed by atoms with Crippen molar-refractivity contribution >= 4 is 5.91 Å².